The summed E-state index contributed by atoms with van der Waals surface area (Å²) in [6.45, 7) is 3.70. The smallest absolute Gasteiger partial charge is 0.302 e. The van der Waals surface area contributed by atoms with E-state index in [1.807, 2.05) is 19.1 Å². The number of carbonyl (C=O) groups is 2. The summed E-state index contributed by atoms with van der Waals surface area (Å²) in [5.74, 6) is 0.163. The lowest BCUT2D eigenvalue weighted by Gasteiger charge is -2.29. The van der Waals surface area contributed by atoms with Crippen molar-refractivity contribution < 1.29 is 19.1 Å². The molecule has 1 saturated carbocycles. The molecule has 1 aromatic carbocycles. The molecular formula is C22H24ClN3O4. The SMILES string of the molecule is CC(=O)OC1CCC(c2ccc(N3C(=O)c4c(Cl)ncnc4OC[C@@H]3C)cc2)CC1. The third-order valence-corrected chi connectivity index (χ3v) is 6.04. The maximum absolute atomic E-state index is 13.2. The van der Waals surface area contributed by atoms with E-state index in [4.69, 9.17) is 21.1 Å². The Morgan fingerprint density at radius 3 is 2.53 bits per heavy atom. The first-order valence-corrected chi connectivity index (χ1v) is 10.6. The van der Waals surface area contributed by atoms with E-state index in [2.05, 4.69) is 22.1 Å². The molecule has 1 atom stereocenters. The molecule has 0 N–H and O–H groups in total. The molecule has 1 aliphatic heterocycles. The van der Waals surface area contributed by atoms with Crippen molar-refractivity contribution in [3.63, 3.8) is 0 Å². The molecule has 0 unspecified atom stereocenters. The Hall–Kier alpha value is -2.67. The van der Waals surface area contributed by atoms with Crippen LogP contribution < -0.4 is 9.64 Å². The molecule has 158 valence electrons. The van der Waals surface area contributed by atoms with Crippen LogP contribution in [-0.4, -0.2) is 40.6 Å². The number of aromatic nitrogens is 2. The third-order valence-electron chi connectivity index (χ3n) is 5.75. The molecule has 0 radical (unpaired) electrons. The van der Waals surface area contributed by atoms with Gasteiger partial charge >= 0.3 is 5.97 Å². The topological polar surface area (TPSA) is 81.6 Å². The van der Waals surface area contributed by atoms with E-state index in [0.29, 0.717) is 12.5 Å². The highest BCUT2D eigenvalue weighted by Crippen LogP contribution is 2.36. The lowest BCUT2D eigenvalue weighted by Crippen LogP contribution is -2.40. The molecule has 2 heterocycles. The number of esters is 1. The molecule has 1 amide bonds. The van der Waals surface area contributed by atoms with E-state index in [1.54, 1.807) is 4.90 Å². The zero-order valence-corrected chi connectivity index (χ0v) is 17.8. The van der Waals surface area contributed by atoms with Gasteiger partial charge in [-0.3, -0.25) is 9.59 Å². The lowest BCUT2D eigenvalue weighted by atomic mass is 9.82. The fourth-order valence-corrected chi connectivity index (χ4v) is 4.47. The minimum absolute atomic E-state index is 0.0284. The van der Waals surface area contributed by atoms with Gasteiger partial charge in [0.2, 0.25) is 5.88 Å². The number of anilines is 1. The Bertz CT molecular complexity index is 942. The van der Waals surface area contributed by atoms with Crippen LogP contribution in [0.25, 0.3) is 0 Å². The van der Waals surface area contributed by atoms with Gasteiger partial charge in [-0.2, -0.15) is 0 Å². The molecule has 2 aromatic rings. The number of benzene rings is 1. The highest BCUT2D eigenvalue weighted by molar-refractivity contribution is 6.33. The van der Waals surface area contributed by atoms with Crippen LogP contribution in [0.2, 0.25) is 5.15 Å². The molecule has 0 spiro atoms. The average molecular weight is 430 g/mol. The molecule has 30 heavy (non-hydrogen) atoms. The summed E-state index contributed by atoms with van der Waals surface area (Å²) in [4.78, 5) is 34.0. The van der Waals surface area contributed by atoms with Gasteiger partial charge in [-0.15, -0.1) is 0 Å². The Labute approximate surface area is 180 Å². The van der Waals surface area contributed by atoms with Gasteiger partial charge in [0.05, 0.1) is 6.04 Å². The first-order valence-electron chi connectivity index (χ1n) is 10.2. The van der Waals surface area contributed by atoms with Gasteiger partial charge in [-0.25, -0.2) is 9.97 Å². The van der Waals surface area contributed by atoms with Crippen LogP contribution in [0.4, 0.5) is 5.69 Å². The zero-order valence-electron chi connectivity index (χ0n) is 17.0. The number of halogens is 1. The van der Waals surface area contributed by atoms with Gasteiger partial charge in [0, 0.05) is 12.6 Å². The van der Waals surface area contributed by atoms with Gasteiger partial charge in [0.1, 0.15) is 29.8 Å². The van der Waals surface area contributed by atoms with Crippen molar-refractivity contribution in [2.75, 3.05) is 11.5 Å². The molecule has 0 saturated heterocycles. The largest absolute Gasteiger partial charge is 0.475 e. The first kappa shape index (κ1) is 20.6. The molecule has 1 fully saturated rings. The van der Waals surface area contributed by atoms with Crippen LogP contribution in [0.15, 0.2) is 30.6 Å². The fraction of sp³-hybridized carbons (Fsp3) is 0.455. The Morgan fingerprint density at radius 1 is 1.17 bits per heavy atom. The van der Waals surface area contributed by atoms with Crippen molar-refractivity contribution in [2.24, 2.45) is 0 Å². The maximum atomic E-state index is 13.2. The fourth-order valence-electron chi connectivity index (χ4n) is 4.26. The van der Waals surface area contributed by atoms with E-state index >= 15 is 0 Å². The van der Waals surface area contributed by atoms with E-state index < -0.39 is 0 Å². The number of hydrogen-bond donors (Lipinski definition) is 0. The molecule has 8 heteroatoms. The summed E-state index contributed by atoms with van der Waals surface area (Å²) in [6, 6.07) is 7.88. The van der Waals surface area contributed by atoms with Crippen molar-refractivity contribution in [3.8, 4) is 5.88 Å². The Kier molecular flexibility index (Phi) is 5.90. The van der Waals surface area contributed by atoms with Gasteiger partial charge in [0.15, 0.2) is 0 Å². The van der Waals surface area contributed by atoms with Gasteiger partial charge < -0.3 is 14.4 Å². The summed E-state index contributed by atoms with van der Waals surface area (Å²) in [5, 5.41) is 0.0882. The summed E-state index contributed by atoms with van der Waals surface area (Å²) < 4.78 is 11.0. The summed E-state index contributed by atoms with van der Waals surface area (Å²) in [7, 11) is 0. The van der Waals surface area contributed by atoms with Crippen molar-refractivity contribution in [1.29, 1.82) is 0 Å². The van der Waals surface area contributed by atoms with Crippen LogP contribution in [0.1, 0.15) is 61.4 Å². The molecule has 7 nitrogen and oxygen atoms in total. The predicted molar refractivity (Wildman–Crippen MR) is 112 cm³/mol. The second kappa shape index (κ2) is 8.60. The van der Waals surface area contributed by atoms with E-state index in [0.717, 1.165) is 31.4 Å². The maximum Gasteiger partial charge on any atom is 0.302 e. The van der Waals surface area contributed by atoms with Gasteiger partial charge in [-0.05, 0) is 56.2 Å². The molecule has 4 rings (SSSR count). The standard InChI is InChI=1S/C22H24ClN3O4/c1-13-11-29-21-19(20(23)24-12-25-21)22(28)26(13)17-7-3-15(4-8-17)16-5-9-18(10-6-16)30-14(2)27/h3-4,7-8,12-13,16,18H,5-6,9-11H2,1-2H3/t13-,16?,18?/m0/s1. The molecular weight excluding hydrogens is 406 g/mol. The van der Waals surface area contributed by atoms with Gasteiger partial charge in [0.25, 0.3) is 5.91 Å². The minimum Gasteiger partial charge on any atom is -0.475 e. The predicted octanol–water partition coefficient (Wildman–Crippen LogP) is 4.15. The first-order chi connectivity index (χ1) is 14.4. The van der Waals surface area contributed by atoms with Crippen molar-refractivity contribution in [1.82, 2.24) is 9.97 Å². The summed E-state index contributed by atoms with van der Waals surface area (Å²) in [6.07, 6.45) is 5.02. The molecule has 1 aliphatic carbocycles. The minimum atomic E-state index is -0.268. The number of fused-ring (bicyclic) bond motifs is 1. The number of hydrogen-bond acceptors (Lipinski definition) is 6. The summed E-state index contributed by atoms with van der Waals surface area (Å²) >= 11 is 6.17. The van der Waals surface area contributed by atoms with Crippen molar-refractivity contribution >= 4 is 29.2 Å². The van der Waals surface area contributed by atoms with E-state index in [-0.39, 0.29) is 40.6 Å². The molecule has 1 aromatic heterocycles. The lowest BCUT2D eigenvalue weighted by molar-refractivity contribution is -0.147. The van der Waals surface area contributed by atoms with Crippen LogP contribution in [0.3, 0.4) is 0 Å². The molecule has 2 aliphatic rings. The number of rotatable bonds is 3. The number of nitrogens with zero attached hydrogens (tertiary/aromatic N) is 3. The molecule has 0 bridgehead atoms. The Morgan fingerprint density at radius 2 is 1.87 bits per heavy atom. The monoisotopic (exact) mass is 429 g/mol. The normalized spacial score (nSPS) is 23.9. The highest BCUT2D eigenvalue weighted by Gasteiger charge is 2.33. The second-order valence-corrected chi connectivity index (χ2v) is 8.21. The number of amides is 1. The van der Waals surface area contributed by atoms with Gasteiger partial charge in [-0.1, -0.05) is 23.7 Å². The number of carbonyl (C=O) groups excluding carboxylic acids is 2. The van der Waals surface area contributed by atoms with Crippen LogP contribution >= 0.6 is 11.6 Å². The Balaban J connectivity index is 1.52. The van der Waals surface area contributed by atoms with E-state index in [9.17, 15) is 9.59 Å². The highest BCUT2D eigenvalue weighted by atomic mass is 35.5. The van der Waals surface area contributed by atoms with Crippen molar-refractivity contribution in [2.45, 2.75) is 57.6 Å². The second-order valence-electron chi connectivity index (χ2n) is 7.85. The quantitative estimate of drug-likeness (QED) is 0.538. The van der Waals surface area contributed by atoms with Crippen LogP contribution in [-0.2, 0) is 9.53 Å². The van der Waals surface area contributed by atoms with Crippen LogP contribution in [0, 0.1) is 0 Å². The van der Waals surface area contributed by atoms with Crippen molar-refractivity contribution in [3.05, 3.63) is 46.9 Å². The zero-order chi connectivity index (χ0) is 21.3. The average Bonchev–Trinajstić information content (AvgIpc) is 2.85. The third kappa shape index (κ3) is 4.12. The number of ether oxygens (including phenoxy) is 2. The van der Waals surface area contributed by atoms with Crippen LogP contribution in [0.5, 0.6) is 5.88 Å². The summed E-state index contributed by atoms with van der Waals surface area (Å²) in [5.41, 5.74) is 2.20. The van der Waals surface area contributed by atoms with E-state index in [1.165, 1.54) is 18.8 Å².